The van der Waals surface area contributed by atoms with E-state index in [1.54, 1.807) is 30.3 Å². The van der Waals surface area contributed by atoms with Crippen LogP contribution in [-0.2, 0) is 14.3 Å². The maximum Gasteiger partial charge on any atom is 0.340 e. The zero-order valence-corrected chi connectivity index (χ0v) is 16.0. The summed E-state index contributed by atoms with van der Waals surface area (Å²) in [5.41, 5.74) is 0.227. The van der Waals surface area contributed by atoms with Crippen LogP contribution in [-0.4, -0.2) is 37.2 Å². The lowest BCUT2D eigenvalue weighted by Gasteiger charge is -2.07. The van der Waals surface area contributed by atoms with E-state index in [-0.39, 0.29) is 28.3 Å². The van der Waals surface area contributed by atoms with Gasteiger partial charge in [0.1, 0.15) is 11.4 Å². The number of hydrogen-bond donors (Lipinski definition) is 2. The number of aliphatic hydroxyl groups is 1. The summed E-state index contributed by atoms with van der Waals surface area (Å²) in [6.07, 6.45) is 0. The van der Waals surface area contributed by atoms with Crippen molar-refractivity contribution in [1.29, 1.82) is 0 Å². The van der Waals surface area contributed by atoms with E-state index < -0.39 is 17.8 Å². The minimum atomic E-state index is -0.713. The Morgan fingerprint density at radius 1 is 0.966 bits per heavy atom. The van der Waals surface area contributed by atoms with Gasteiger partial charge in [0.25, 0.3) is 5.91 Å². The summed E-state index contributed by atoms with van der Waals surface area (Å²) >= 11 is 0. The third kappa shape index (κ3) is 5.48. The van der Waals surface area contributed by atoms with Gasteiger partial charge in [-0.2, -0.15) is 0 Å². The summed E-state index contributed by atoms with van der Waals surface area (Å²) in [6.45, 7) is 1.27. The molecule has 29 heavy (non-hydrogen) atoms. The van der Waals surface area contributed by atoms with Crippen LogP contribution in [0.25, 0.3) is 0 Å². The first-order valence-electron chi connectivity index (χ1n) is 8.36. The van der Waals surface area contributed by atoms with Gasteiger partial charge >= 0.3 is 11.9 Å². The van der Waals surface area contributed by atoms with Crippen LogP contribution in [0.3, 0.4) is 0 Å². The van der Waals surface area contributed by atoms with E-state index in [4.69, 9.17) is 0 Å². The number of methoxy groups -OCH3 is 2. The summed E-state index contributed by atoms with van der Waals surface area (Å²) in [4.78, 5) is 36.1. The molecule has 2 N–H and O–H groups in total. The summed E-state index contributed by atoms with van der Waals surface area (Å²) in [6, 6.07) is 12.5. The molecule has 0 saturated carbocycles. The fraction of sp³-hybridized carbons (Fsp3) is 0.150. The van der Waals surface area contributed by atoms with E-state index in [0.717, 1.165) is 0 Å². The van der Waals surface area contributed by atoms with Crippen molar-refractivity contribution in [3.63, 3.8) is 0 Å². The molecule has 2 aromatic carbocycles. The molecule has 2 rings (SSSR count). The number of anilines is 1. The fourth-order valence-corrected chi connectivity index (χ4v) is 2.24. The highest BCUT2D eigenvalue weighted by Crippen LogP contribution is 2.24. The second kappa shape index (κ2) is 9.79. The Morgan fingerprint density at radius 3 is 2.21 bits per heavy atom. The number of allylic oxidation sites excluding steroid dienone is 1. The highest BCUT2D eigenvalue weighted by molar-refractivity contribution is 6.03. The number of carbonyl (C=O) groups excluding carboxylic acids is 3. The summed E-state index contributed by atoms with van der Waals surface area (Å²) in [5, 5.41) is 20.1. The van der Waals surface area contributed by atoms with Crippen molar-refractivity contribution in [2.24, 2.45) is 10.2 Å². The number of ether oxygens (including phenoxy) is 2. The average Bonchev–Trinajstić information content (AvgIpc) is 2.73. The monoisotopic (exact) mass is 397 g/mol. The number of nitrogens with one attached hydrogen (secondary N) is 1. The molecule has 0 heterocycles. The van der Waals surface area contributed by atoms with E-state index in [9.17, 15) is 19.5 Å². The van der Waals surface area contributed by atoms with Crippen molar-refractivity contribution in [2.75, 3.05) is 19.5 Å². The van der Waals surface area contributed by atoms with Crippen LogP contribution in [0.1, 0.15) is 27.6 Å². The molecule has 0 aliphatic rings. The van der Waals surface area contributed by atoms with Gasteiger partial charge in [0.2, 0.25) is 0 Å². The topological polar surface area (TPSA) is 127 Å². The van der Waals surface area contributed by atoms with Crippen LogP contribution in [0.4, 0.5) is 11.4 Å². The Hall–Kier alpha value is -4.01. The van der Waals surface area contributed by atoms with Crippen molar-refractivity contribution in [2.45, 2.75) is 6.92 Å². The largest absolute Gasteiger partial charge is 0.510 e. The van der Waals surface area contributed by atoms with Gasteiger partial charge in [0.05, 0.1) is 25.3 Å². The fourth-order valence-electron chi connectivity index (χ4n) is 2.24. The quantitative estimate of drug-likeness (QED) is 0.331. The van der Waals surface area contributed by atoms with E-state index in [1.807, 2.05) is 0 Å². The van der Waals surface area contributed by atoms with Gasteiger partial charge in [0, 0.05) is 5.69 Å². The van der Waals surface area contributed by atoms with Crippen LogP contribution in [0.5, 0.6) is 0 Å². The number of benzene rings is 2. The SMILES string of the molecule is COC(=O)c1ccc(C(=O)OC)c(N=N/C(C(=O)Nc2ccccc2)=C(\C)O)c1. The van der Waals surface area contributed by atoms with Crippen molar-refractivity contribution in [3.8, 4) is 0 Å². The number of azo groups is 1. The Morgan fingerprint density at radius 2 is 1.62 bits per heavy atom. The number of para-hydroxylation sites is 1. The van der Waals surface area contributed by atoms with Crippen LogP contribution < -0.4 is 5.32 Å². The molecule has 0 atom stereocenters. The van der Waals surface area contributed by atoms with Crippen molar-refractivity contribution < 1.29 is 29.0 Å². The Labute approximate surface area is 166 Å². The van der Waals surface area contributed by atoms with Gasteiger partial charge in [-0.1, -0.05) is 18.2 Å². The van der Waals surface area contributed by atoms with E-state index in [2.05, 4.69) is 25.0 Å². The molecule has 0 saturated heterocycles. The molecule has 0 aromatic heterocycles. The van der Waals surface area contributed by atoms with E-state index in [1.165, 1.54) is 39.3 Å². The maximum atomic E-state index is 12.4. The highest BCUT2D eigenvalue weighted by atomic mass is 16.5. The number of nitrogens with zero attached hydrogens (tertiary/aromatic N) is 2. The van der Waals surface area contributed by atoms with Crippen molar-refractivity contribution >= 4 is 29.2 Å². The third-order valence-corrected chi connectivity index (χ3v) is 3.67. The Balaban J connectivity index is 2.39. The first kappa shape index (κ1) is 21.3. The van der Waals surface area contributed by atoms with E-state index in [0.29, 0.717) is 5.69 Å². The van der Waals surface area contributed by atoms with Gasteiger partial charge < -0.3 is 19.9 Å². The molecule has 0 spiro atoms. The van der Waals surface area contributed by atoms with Crippen LogP contribution >= 0.6 is 0 Å². The molecule has 0 aliphatic heterocycles. The van der Waals surface area contributed by atoms with Crippen molar-refractivity contribution in [1.82, 2.24) is 0 Å². The predicted molar refractivity (Wildman–Crippen MR) is 104 cm³/mol. The number of hydrogen-bond acceptors (Lipinski definition) is 8. The molecule has 0 unspecified atom stereocenters. The molecule has 2 aromatic rings. The molecular formula is C20H19N3O6. The lowest BCUT2D eigenvalue weighted by atomic mass is 10.1. The number of amides is 1. The first-order chi connectivity index (χ1) is 13.9. The van der Waals surface area contributed by atoms with Gasteiger partial charge in [-0.15, -0.1) is 10.2 Å². The summed E-state index contributed by atoms with van der Waals surface area (Å²) < 4.78 is 9.33. The molecule has 9 heteroatoms. The minimum absolute atomic E-state index is 0.0160. The average molecular weight is 397 g/mol. The number of carbonyl (C=O) groups is 3. The van der Waals surface area contributed by atoms with Crippen LogP contribution in [0.2, 0.25) is 0 Å². The lowest BCUT2D eigenvalue weighted by Crippen LogP contribution is -2.14. The number of aliphatic hydroxyl groups excluding tert-OH is 1. The zero-order chi connectivity index (χ0) is 21.4. The normalized spacial score (nSPS) is 11.6. The van der Waals surface area contributed by atoms with Crippen LogP contribution in [0, 0.1) is 0 Å². The Kier molecular flexibility index (Phi) is 7.19. The van der Waals surface area contributed by atoms with Crippen LogP contribution in [0.15, 0.2) is 70.2 Å². The lowest BCUT2D eigenvalue weighted by molar-refractivity contribution is -0.113. The second-order valence-corrected chi connectivity index (χ2v) is 5.67. The molecule has 0 radical (unpaired) electrons. The standard InChI is InChI=1S/C20H19N3O6/c1-12(24)17(18(25)21-14-7-5-4-6-8-14)23-22-16-11-13(19(26)28-2)9-10-15(16)20(27)29-3/h4-11,24H,1-3H3,(H,21,25)/b17-12+,23-22?. The van der Waals surface area contributed by atoms with Gasteiger partial charge in [-0.05, 0) is 37.3 Å². The highest BCUT2D eigenvalue weighted by Gasteiger charge is 2.17. The van der Waals surface area contributed by atoms with Gasteiger partial charge in [0.15, 0.2) is 5.70 Å². The first-order valence-corrected chi connectivity index (χ1v) is 8.36. The molecule has 9 nitrogen and oxygen atoms in total. The Bertz CT molecular complexity index is 979. The molecule has 0 fully saturated rings. The predicted octanol–water partition coefficient (Wildman–Crippen LogP) is 3.77. The number of esters is 2. The molecule has 1 amide bonds. The molecular weight excluding hydrogens is 378 g/mol. The van der Waals surface area contributed by atoms with Crippen molar-refractivity contribution in [3.05, 3.63) is 71.1 Å². The minimum Gasteiger partial charge on any atom is -0.510 e. The smallest absolute Gasteiger partial charge is 0.340 e. The summed E-state index contributed by atoms with van der Waals surface area (Å²) in [7, 11) is 2.40. The number of rotatable bonds is 6. The zero-order valence-electron chi connectivity index (χ0n) is 16.0. The summed E-state index contributed by atoms with van der Waals surface area (Å²) in [5.74, 6) is -2.45. The van der Waals surface area contributed by atoms with E-state index >= 15 is 0 Å². The van der Waals surface area contributed by atoms with Gasteiger partial charge in [-0.25, -0.2) is 9.59 Å². The van der Waals surface area contributed by atoms with Gasteiger partial charge in [-0.3, -0.25) is 4.79 Å². The second-order valence-electron chi connectivity index (χ2n) is 5.67. The molecule has 0 aliphatic carbocycles. The molecule has 0 bridgehead atoms. The molecule has 150 valence electrons. The maximum absolute atomic E-state index is 12.4. The third-order valence-electron chi connectivity index (χ3n) is 3.67.